The van der Waals surface area contributed by atoms with Crippen molar-refractivity contribution < 1.29 is 4.79 Å². The second-order valence-electron chi connectivity index (χ2n) is 4.91. The third-order valence-electron chi connectivity index (χ3n) is 3.48. The van der Waals surface area contributed by atoms with Crippen molar-refractivity contribution in [2.75, 3.05) is 12.4 Å². The van der Waals surface area contributed by atoms with Crippen molar-refractivity contribution >= 4 is 22.9 Å². The summed E-state index contributed by atoms with van der Waals surface area (Å²) >= 11 is 1.70. The third kappa shape index (κ3) is 2.67. The Balaban J connectivity index is 1.85. The van der Waals surface area contributed by atoms with Crippen molar-refractivity contribution in [3.8, 4) is 0 Å². The molecule has 0 spiro atoms. The van der Waals surface area contributed by atoms with Crippen LogP contribution in [0.1, 0.15) is 28.1 Å². The van der Waals surface area contributed by atoms with Crippen LogP contribution in [0.25, 0.3) is 0 Å². The van der Waals surface area contributed by atoms with Crippen LogP contribution in [0.15, 0.2) is 36.0 Å². The zero-order valence-corrected chi connectivity index (χ0v) is 12.2. The lowest BCUT2D eigenvalue weighted by Gasteiger charge is -2.23. The molecule has 1 aliphatic carbocycles. The molecule has 0 radical (unpaired) electrons. The Morgan fingerprint density at radius 2 is 2.35 bits per heavy atom. The minimum absolute atomic E-state index is 0.0904. The lowest BCUT2D eigenvalue weighted by atomic mass is 10.2. The summed E-state index contributed by atoms with van der Waals surface area (Å²) in [4.78, 5) is 20.1. The van der Waals surface area contributed by atoms with E-state index in [1.807, 2.05) is 18.0 Å². The van der Waals surface area contributed by atoms with Crippen molar-refractivity contribution in [3.05, 3.63) is 46.4 Å². The highest BCUT2D eigenvalue weighted by molar-refractivity contribution is 7.09. The third-order valence-corrected chi connectivity index (χ3v) is 4.34. The Labute approximate surface area is 122 Å². The van der Waals surface area contributed by atoms with E-state index in [2.05, 4.69) is 21.7 Å². The first kappa shape index (κ1) is 13.1. The lowest BCUT2D eigenvalue weighted by Crippen LogP contribution is -2.32. The summed E-state index contributed by atoms with van der Waals surface area (Å²) in [6, 6.07) is 6.29. The standard InChI is InChI=1S/C15H17N3OS/c1-16-14-9-17-7-6-13(14)15(19)18(11-4-5-11)10-12-3-2-8-20-12/h2-3,6-9,11,16H,4-5,10H2,1H3. The second kappa shape index (κ2) is 5.63. The van der Waals surface area contributed by atoms with Gasteiger partial charge in [0.15, 0.2) is 0 Å². The van der Waals surface area contributed by atoms with E-state index in [0.29, 0.717) is 18.2 Å². The largest absolute Gasteiger partial charge is 0.386 e. The van der Waals surface area contributed by atoms with E-state index in [4.69, 9.17) is 0 Å². The molecular formula is C15H17N3OS. The number of anilines is 1. The molecule has 2 aromatic rings. The van der Waals surface area contributed by atoms with Crippen molar-refractivity contribution in [3.63, 3.8) is 0 Å². The van der Waals surface area contributed by atoms with Gasteiger partial charge in [-0.25, -0.2) is 0 Å². The Morgan fingerprint density at radius 1 is 1.50 bits per heavy atom. The first-order valence-corrected chi connectivity index (χ1v) is 7.62. The molecule has 0 bridgehead atoms. The lowest BCUT2D eigenvalue weighted by molar-refractivity contribution is 0.0732. The molecule has 0 saturated heterocycles. The molecule has 1 fully saturated rings. The highest BCUT2D eigenvalue weighted by Crippen LogP contribution is 2.31. The van der Waals surface area contributed by atoms with Gasteiger partial charge in [0, 0.05) is 24.2 Å². The van der Waals surface area contributed by atoms with Crippen LogP contribution in [0.4, 0.5) is 5.69 Å². The van der Waals surface area contributed by atoms with Gasteiger partial charge in [-0.2, -0.15) is 0 Å². The van der Waals surface area contributed by atoms with Crippen molar-refractivity contribution in [1.29, 1.82) is 0 Å². The fraction of sp³-hybridized carbons (Fsp3) is 0.333. The normalized spacial score (nSPS) is 14.1. The molecule has 1 amide bonds. The summed E-state index contributed by atoms with van der Waals surface area (Å²) < 4.78 is 0. The molecule has 0 aliphatic heterocycles. The van der Waals surface area contributed by atoms with Gasteiger partial charge in [-0.1, -0.05) is 6.07 Å². The number of carbonyl (C=O) groups excluding carboxylic acids is 1. The molecule has 5 heteroatoms. The zero-order valence-electron chi connectivity index (χ0n) is 11.4. The molecule has 1 N–H and O–H groups in total. The highest BCUT2D eigenvalue weighted by Gasteiger charge is 2.33. The average molecular weight is 287 g/mol. The number of rotatable bonds is 5. The van der Waals surface area contributed by atoms with Crippen LogP contribution in [0.3, 0.4) is 0 Å². The summed E-state index contributed by atoms with van der Waals surface area (Å²) in [6.45, 7) is 0.701. The van der Waals surface area contributed by atoms with Gasteiger partial charge < -0.3 is 10.2 Å². The molecule has 0 aromatic carbocycles. The predicted molar refractivity (Wildman–Crippen MR) is 81.0 cm³/mol. The van der Waals surface area contributed by atoms with Crippen molar-refractivity contribution in [2.45, 2.75) is 25.4 Å². The van der Waals surface area contributed by atoms with Crippen LogP contribution in [-0.4, -0.2) is 28.9 Å². The van der Waals surface area contributed by atoms with Gasteiger partial charge in [-0.15, -0.1) is 11.3 Å². The number of carbonyl (C=O) groups is 1. The number of hydrogen-bond acceptors (Lipinski definition) is 4. The van der Waals surface area contributed by atoms with Gasteiger partial charge in [-0.3, -0.25) is 9.78 Å². The first-order chi connectivity index (χ1) is 9.79. The number of nitrogens with one attached hydrogen (secondary N) is 1. The van der Waals surface area contributed by atoms with Crippen molar-refractivity contribution in [2.24, 2.45) is 0 Å². The maximum absolute atomic E-state index is 12.8. The van der Waals surface area contributed by atoms with E-state index >= 15 is 0 Å². The van der Waals surface area contributed by atoms with E-state index in [9.17, 15) is 4.79 Å². The monoisotopic (exact) mass is 287 g/mol. The molecule has 0 unspecified atom stereocenters. The van der Waals surface area contributed by atoms with Gasteiger partial charge >= 0.3 is 0 Å². The molecule has 2 aromatic heterocycles. The maximum atomic E-state index is 12.8. The SMILES string of the molecule is CNc1cnccc1C(=O)N(Cc1cccs1)C1CC1. The molecule has 20 heavy (non-hydrogen) atoms. The molecule has 4 nitrogen and oxygen atoms in total. The summed E-state index contributed by atoms with van der Waals surface area (Å²) in [7, 11) is 1.81. The van der Waals surface area contributed by atoms with Crippen molar-refractivity contribution in [1.82, 2.24) is 9.88 Å². The van der Waals surface area contributed by atoms with Crippen LogP contribution in [0.2, 0.25) is 0 Å². The molecule has 1 aliphatic rings. The fourth-order valence-corrected chi connectivity index (χ4v) is 2.96. The number of amides is 1. The second-order valence-corrected chi connectivity index (χ2v) is 5.95. The van der Waals surface area contributed by atoms with Gasteiger partial charge in [0.1, 0.15) is 0 Å². The predicted octanol–water partition coefficient (Wildman–Crippen LogP) is 2.99. The topological polar surface area (TPSA) is 45.2 Å². The van der Waals surface area contributed by atoms with Gasteiger partial charge in [0.2, 0.25) is 0 Å². The van der Waals surface area contributed by atoms with E-state index in [1.54, 1.807) is 29.8 Å². The first-order valence-electron chi connectivity index (χ1n) is 6.74. The van der Waals surface area contributed by atoms with Gasteiger partial charge in [0.05, 0.1) is 24.0 Å². The Bertz CT molecular complexity index is 593. The number of nitrogens with zero attached hydrogens (tertiary/aromatic N) is 2. The quantitative estimate of drug-likeness (QED) is 0.919. The fourth-order valence-electron chi connectivity index (χ4n) is 2.26. The summed E-state index contributed by atoms with van der Waals surface area (Å²) in [6.07, 6.45) is 5.59. The number of thiophene rings is 1. The molecule has 104 valence electrons. The summed E-state index contributed by atoms with van der Waals surface area (Å²) in [5, 5.41) is 5.09. The van der Waals surface area contributed by atoms with Gasteiger partial charge in [-0.05, 0) is 30.4 Å². The Kier molecular flexibility index (Phi) is 3.69. The number of pyridine rings is 1. The summed E-state index contributed by atoms with van der Waals surface area (Å²) in [5.74, 6) is 0.0904. The highest BCUT2D eigenvalue weighted by atomic mass is 32.1. The molecule has 1 saturated carbocycles. The molecule has 3 rings (SSSR count). The zero-order chi connectivity index (χ0) is 13.9. The van der Waals surface area contributed by atoms with E-state index in [-0.39, 0.29) is 5.91 Å². The summed E-state index contributed by atoms with van der Waals surface area (Å²) in [5.41, 5.74) is 1.49. The van der Waals surface area contributed by atoms with Crippen LogP contribution < -0.4 is 5.32 Å². The minimum Gasteiger partial charge on any atom is -0.386 e. The molecular weight excluding hydrogens is 270 g/mol. The van der Waals surface area contributed by atoms with E-state index < -0.39 is 0 Å². The Morgan fingerprint density at radius 3 is 3.00 bits per heavy atom. The maximum Gasteiger partial charge on any atom is 0.256 e. The minimum atomic E-state index is 0.0904. The average Bonchev–Trinajstić information content (AvgIpc) is 3.20. The Hall–Kier alpha value is -1.88. The van der Waals surface area contributed by atoms with Gasteiger partial charge in [0.25, 0.3) is 5.91 Å². The molecule has 0 atom stereocenters. The van der Waals surface area contributed by atoms with Crippen LogP contribution in [-0.2, 0) is 6.54 Å². The van der Waals surface area contributed by atoms with Crippen LogP contribution in [0.5, 0.6) is 0 Å². The number of hydrogen-bond donors (Lipinski definition) is 1. The van der Waals surface area contributed by atoms with Crippen LogP contribution >= 0.6 is 11.3 Å². The van der Waals surface area contributed by atoms with E-state index in [1.165, 1.54) is 4.88 Å². The smallest absolute Gasteiger partial charge is 0.256 e. The molecule has 2 heterocycles. The van der Waals surface area contributed by atoms with Crippen LogP contribution in [0, 0.1) is 0 Å². The number of aromatic nitrogens is 1. The van der Waals surface area contributed by atoms with E-state index in [0.717, 1.165) is 18.5 Å².